The van der Waals surface area contributed by atoms with Gasteiger partial charge in [0.05, 0.1) is 12.6 Å². The molecular weight excluding hydrogens is 618 g/mol. The Kier molecular flexibility index (Phi) is 14.4. The molecule has 0 aliphatic rings. The van der Waals surface area contributed by atoms with E-state index < -0.39 is 30.2 Å². The Morgan fingerprint density at radius 2 is 1.10 bits per heavy atom. The molecule has 9 heteroatoms. The van der Waals surface area contributed by atoms with E-state index in [-0.39, 0.29) is 38.0 Å². The van der Waals surface area contributed by atoms with Crippen molar-refractivity contribution in [2.45, 2.75) is 65.0 Å². The number of nitrogens with one attached hydrogen (secondary N) is 2. The monoisotopic (exact) mass is 663 g/mol. The Morgan fingerprint density at radius 1 is 0.612 bits per heavy atom. The Hall–Kier alpha value is -5.44. The van der Waals surface area contributed by atoms with Gasteiger partial charge < -0.3 is 20.1 Å². The van der Waals surface area contributed by atoms with Crippen LogP contribution in [0.4, 0.5) is 9.59 Å². The molecule has 0 saturated carbocycles. The minimum Gasteiger partial charge on any atom is -0.445 e. The summed E-state index contributed by atoms with van der Waals surface area (Å²) >= 11 is 0. The third kappa shape index (κ3) is 12.9. The Morgan fingerprint density at radius 3 is 1.63 bits per heavy atom. The summed E-state index contributed by atoms with van der Waals surface area (Å²) in [5.74, 6) is -0.797. The summed E-state index contributed by atoms with van der Waals surface area (Å²) in [6, 6.07) is 35.7. The number of carbonyl (C=O) groups excluding carboxylic acids is 4. The Labute approximate surface area is 288 Å². The molecule has 0 fully saturated rings. The van der Waals surface area contributed by atoms with Crippen LogP contribution in [0.15, 0.2) is 121 Å². The van der Waals surface area contributed by atoms with Crippen LogP contribution in [0.5, 0.6) is 0 Å². The van der Waals surface area contributed by atoms with Crippen molar-refractivity contribution in [2.75, 3.05) is 6.54 Å². The van der Waals surface area contributed by atoms with Gasteiger partial charge in [0.15, 0.2) is 5.78 Å². The van der Waals surface area contributed by atoms with Gasteiger partial charge >= 0.3 is 12.2 Å². The molecule has 2 N–H and O–H groups in total. The van der Waals surface area contributed by atoms with E-state index in [9.17, 15) is 19.2 Å². The minimum atomic E-state index is -0.940. The van der Waals surface area contributed by atoms with Gasteiger partial charge in [0.1, 0.15) is 19.3 Å². The van der Waals surface area contributed by atoms with Crippen molar-refractivity contribution in [3.05, 3.63) is 144 Å². The summed E-state index contributed by atoms with van der Waals surface area (Å²) in [5, 5.41) is 5.59. The fourth-order valence-electron chi connectivity index (χ4n) is 5.25. The van der Waals surface area contributed by atoms with Crippen LogP contribution >= 0.6 is 0 Å². The van der Waals surface area contributed by atoms with Crippen LogP contribution in [0.25, 0.3) is 0 Å². The highest BCUT2D eigenvalue weighted by Gasteiger charge is 2.30. The fourth-order valence-corrected chi connectivity index (χ4v) is 5.25. The second kappa shape index (κ2) is 19.4. The van der Waals surface area contributed by atoms with Crippen LogP contribution in [-0.2, 0) is 45.2 Å². The number of benzene rings is 4. The molecule has 4 rings (SSSR count). The van der Waals surface area contributed by atoms with E-state index in [4.69, 9.17) is 9.47 Å². The number of Topliss-reactive ketones (excluding diaryl/α,β-unsaturated/α-hetero) is 1. The lowest BCUT2D eigenvalue weighted by Gasteiger charge is -2.27. The predicted octanol–water partition coefficient (Wildman–Crippen LogP) is 6.85. The maximum absolute atomic E-state index is 14.0. The van der Waals surface area contributed by atoms with Crippen LogP contribution < -0.4 is 10.6 Å². The molecule has 0 bridgehead atoms. The summed E-state index contributed by atoms with van der Waals surface area (Å²) in [7, 11) is 0. The lowest BCUT2D eigenvalue weighted by molar-refractivity contribution is -0.129. The quantitative estimate of drug-likeness (QED) is 0.128. The van der Waals surface area contributed by atoms with Crippen LogP contribution in [0.2, 0.25) is 0 Å². The zero-order valence-corrected chi connectivity index (χ0v) is 28.1. The molecule has 0 heterocycles. The molecule has 3 amide bonds. The molecule has 0 aliphatic heterocycles. The Balaban J connectivity index is 1.49. The van der Waals surface area contributed by atoms with Gasteiger partial charge in [0.25, 0.3) is 0 Å². The first-order chi connectivity index (χ1) is 23.8. The summed E-state index contributed by atoms with van der Waals surface area (Å²) in [5.41, 5.74) is 3.46. The third-order valence-electron chi connectivity index (χ3n) is 7.82. The van der Waals surface area contributed by atoms with Gasteiger partial charge in [-0.05, 0) is 47.4 Å². The molecule has 4 aromatic carbocycles. The first-order valence-electron chi connectivity index (χ1n) is 16.6. The van der Waals surface area contributed by atoms with E-state index in [1.807, 2.05) is 135 Å². The minimum absolute atomic E-state index is 0.0518. The molecule has 0 aliphatic carbocycles. The number of nitrogens with zero attached hydrogens (tertiary/aromatic N) is 1. The SMILES string of the molecule is CC(C)C[C@H](NC(=O)OCc1ccccc1)C(=O)N[C@@H](CCc1ccccc1)C(=O)CN(Cc1ccccc1)C(=O)OCc1ccccc1. The highest BCUT2D eigenvalue weighted by Crippen LogP contribution is 2.13. The molecule has 49 heavy (non-hydrogen) atoms. The van der Waals surface area contributed by atoms with Crippen molar-refractivity contribution in [1.82, 2.24) is 15.5 Å². The summed E-state index contributed by atoms with van der Waals surface area (Å²) in [4.78, 5) is 55.3. The Bertz CT molecular complexity index is 1600. The molecule has 0 radical (unpaired) electrons. The number of amides is 3. The number of alkyl carbamates (subject to hydrolysis) is 1. The molecule has 4 aromatic rings. The van der Waals surface area contributed by atoms with Crippen molar-refractivity contribution in [3.63, 3.8) is 0 Å². The topological polar surface area (TPSA) is 114 Å². The van der Waals surface area contributed by atoms with Crippen molar-refractivity contribution in [2.24, 2.45) is 5.92 Å². The van der Waals surface area contributed by atoms with Crippen molar-refractivity contribution >= 4 is 23.9 Å². The lowest BCUT2D eigenvalue weighted by Crippen LogP contribution is -2.53. The summed E-state index contributed by atoms with van der Waals surface area (Å²) in [6.45, 7) is 3.85. The average Bonchev–Trinajstić information content (AvgIpc) is 3.12. The highest BCUT2D eigenvalue weighted by atomic mass is 16.6. The van der Waals surface area contributed by atoms with E-state index in [0.29, 0.717) is 19.3 Å². The van der Waals surface area contributed by atoms with Gasteiger partial charge in [0.2, 0.25) is 5.91 Å². The van der Waals surface area contributed by atoms with Crippen LogP contribution in [0.3, 0.4) is 0 Å². The van der Waals surface area contributed by atoms with Crippen molar-refractivity contribution in [3.8, 4) is 0 Å². The van der Waals surface area contributed by atoms with Gasteiger partial charge in [-0.2, -0.15) is 0 Å². The van der Waals surface area contributed by atoms with E-state index in [0.717, 1.165) is 22.3 Å². The van der Waals surface area contributed by atoms with E-state index >= 15 is 0 Å². The number of carbonyl (C=O) groups is 4. The first-order valence-corrected chi connectivity index (χ1v) is 16.6. The molecule has 0 unspecified atom stereocenters. The second-order valence-corrected chi connectivity index (χ2v) is 12.3. The molecule has 256 valence electrons. The number of ketones is 1. The summed E-state index contributed by atoms with van der Waals surface area (Å²) in [6.07, 6.45) is -0.241. The average molecular weight is 664 g/mol. The van der Waals surface area contributed by atoms with Gasteiger partial charge in [0, 0.05) is 6.54 Å². The largest absolute Gasteiger partial charge is 0.445 e. The van der Waals surface area contributed by atoms with Crippen LogP contribution in [0.1, 0.15) is 48.9 Å². The third-order valence-corrected chi connectivity index (χ3v) is 7.82. The van der Waals surface area contributed by atoms with Crippen LogP contribution in [0, 0.1) is 5.92 Å². The van der Waals surface area contributed by atoms with E-state index in [1.165, 1.54) is 4.90 Å². The molecule has 0 saturated heterocycles. The number of rotatable bonds is 17. The molecule has 9 nitrogen and oxygen atoms in total. The van der Waals surface area contributed by atoms with Gasteiger partial charge in [-0.25, -0.2) is 9.59 Å². The molecular formula is C40H45N3O6. The highest BCUT2D eigenvalue weighted by molar-refractivity contribution is 5.94. The lowest BCUT2D eigenvalue weighted by atomic mass is 9.99. The predicted molar refractivity (Wildman–Crippen MR) is 188 cm³/mol. The fraction of sp³-hybridized carbons (Fsp3) is 0.300. The second-order valence-electron chi connectivity index (χ2n) is 12.3. The van der Waals surface area contributed by atoms with Gasteiger partial charge in [-0.15, -0.1) is 0 Å². The maximum atomic E-state index is 14.0. The standard InChI is InChI=1S/C40H45N3O6/c1-30(2)25-36(42-39(46)48-28-33-19-11-5-12-20-33)38(45)41-35(24-23-31-15-7-3-8-16-31)37(44)27-43(26-32-17-9-4-10-18-32)40(47)49-29-34-21-13-6-14-22-34/h3-22,30,35-36H,23-29H2,1-2H3,(H,41,45)(H,42,46)/t35-,36-/m0/s1. The van der Waals surface area contributed by atoms with Crippen LogP contribution in [-0.4, -0.2) is 47.4 Å². The zero-order chi connectivity index (χ0) is 34.8. The number of hydrogen-bond donors (Lipinski definition) is 2. The normalized spacial score (nSPS) is 12.0. The smallest absolute Gasteiger partial charge is 0.410 e. The van der Waals surface area contributed by atoms with E-state index in [2.05, 4.69) is 10.6 Å². The molecule has 0 spiro atoms. The molecule has 2 atom stereocenters. The first kappa shape index (κ1) is 36.4. The number of hydrogen-bond acceptors (Lipinski definition) is 6. The van der Waals surface area contributed by atoms with Gasteiger partial charge in [-0.1, -0.05) is 135 Å². The maximum Gasteiger partial charge on any atom is 0.410 e. The summed E-state index contributed by atoms with van der Waals surface area (Å²) < 4.78 is 11.0. The zero-order valence-electron chi connectivity index (χ0n) is 28.1. The van der Waals surface area contributed by atoms with Gasteiger partial charge in [-0.3, -0.25) is 14.5 Å². The molecule has 0 aromatic heterocycles. The van der Waals surface area contributed by atoms with E-state index in [1.54, 1.807) is 0 Å². The number of aryl methyl sites for hydroxylation is 1. The van der Waals surface area contributed by atoms with Crippen molar-refractivity contribution in [1.29, 1.82) is 0 Å². The number of ether oxygens (including phenoxy) is 2. The van der Waals surface area contributed by atoms with Crippen molar-refractivity contribution < 1.29 is 28.7 Å².